The molecule has 0 aliphatic rings. The fourth-order valence-electron chi connectivity index (χ4n) is 3.44. The topological polar surface area (TPSA) is 102 Å². The van der Waals surface area contributed by atoms with Crippen molar-refractivity contribution in [3.8, 4) is 0 Å². The van der Waals surface area contributed by atoms with E-state index >= 15 is 0 Å². The lowest BCUT2D eigenvalue weighted by Crippen LogP contribution is -2.23. The number of nitrogens with one attached hydrogen (secondary N) is 2. The fourth-order valence-corrected chi connectivity index (χ4v) is 3.65. The Bertz CT molecular complexity index is 1290. The third-order valence-corrected chi connectivity index (χ3v) is 5.65. The minimum atomic E-state index is -0.509. The summed E-state index contributed by atoms with van der Waals surface area (Å²) in [6.45, 7) is 1.35. The molecule has 0 atom stereocenters. The first-order valence-corrected chi connectivity index (χ1v) is 10.9. The van der Waals surface area contributed by atoms with Crippen molar-refractivity contribution < 1.29 is 9.72 Å². The summed E-state index contributed by atoms with van der Waals surface area (Å²) >= 11 is 6.15. The number of rotatable bonds is 9. The lowest BCUT2D eigenvalue weighted by molar-refractivity contribution is -0.384. The summed E-state index contributed by atoms with van der Waals surface area (Å²) in [7, 11) is 0. The Morgan fingerprint density at radius 3 is 2.50 bits per heavy atom. The lowest BCUT2D eigenvalue weighted by atomic mass is 10.1. The Hall–Kier alpha value is -4.17. The van der Waals surface area contributed by atoms with Crippen molar-refractivity contribution in [3.63, 3.8) is 0 Å². The van der Waals surface area contributed by atoms with E-state index in [0.29, 0.717) is 30.3 Å². The smallest absolute Gasteiger partial charge is 0.293 e. The zero-order chi connectivity index (χ0) is 23.9. The van der Waals surface area contributed by atoms with Crippen molar-refractivity contribution in [1.29, 1.82) is 0 Å². The molecule has 0 unspecified atom stereocenters. The number of aromatic nitrogens is 2. The number of nitro groups is 1. The fraction of sp³-hybridized carbons (Fsp3) is 0.120. The highest BCUT2D eigenvalue weighted by molar-refractivity contribution is 6.31. The van der Waals surface area contributed by atoms with Crippen molar-refractivity contribution >= 4 is 28.9 Å². The van der Waals surface area contributed by atoms with E-state index in [2.05, 4.69) is 15.6 Å². The SMILES string of the molecule is O=C(NCc1ccc(Cn2ccnc2)cc1)c1ccc(NCc2ccccc2Cl)c([N+](=O)[O-])c1. The quantitative estimate of drug-likeness (QED) is 0.261. The molecule has 2 N–H and O–H groups in total. The van der Waals surface area contributed by atoms with Gasteiger partial charge in [-0.2, -0.15) is 0 Å². The lowest BCUT2D eigenvalue weighted by Gasteiger charge is -2.11. The van der Waals surface area contributed by atoms with E-state index in [4.69, 9.17) is 11.6 Å². The number of imidazole rings is 1. The van der Waals surface area contributed by atoms with Gasteiger partial charge in [0, 0.05) is 48.7 Å². The molecule has 0 aliphatic carbocycles. The molecule has 172 valence electrons. The van der Waals surface area contributed by atoms with Gasteiger partial charge in [0.05, 0.1) is 11.3 Å². The summed E-state index contributed by atoms with van der Waals surface area (Å²) in [6, 6.07) is 19.5. The summed E-state index contributed by atoms with van der Waals surface area (Å²) in [6.07, 6.45) is 5.38. The summed E-state index contributed by atoms with van der Waals surface area (Å²) in [5.41, 5.74) is 3.21. The molecule has 0 fully saturated rings. The van der Waals surface area contributed by atoms with Crippen molar-refractivity contribution in [2.75, 3.05) is 5.32 Å². The van der Waals surface area contributed by atoms with Gasteiger partial charge in [-0.1, -0.05) is 54.1 Å². The molecule has 4 aromatic rings. The summed E-state index contributed by atoms with van der Waals surface area (Å²) in [4.78, 5) is 27.7. The average molecular weight is 476 g/mol. The monoisotopic (exact) mass is 475 g/mol. The summed E-state index contributed by atoms with van der Waals surface area (Å²) < 4.78 is 1.97. The normalized spacial score (nSPS) is 10.6. The number of nitro benzene ring substituents is 1. The molecular weight excluding hydrogens is 454 g/mol. The maximum absolute atomic E-state index is 12.6. The number of nitrogens with zero attached hydrogens (tertiary/aromatic N) is 3. The molecular formula is C25H22ClN5O3. The molecule has 0 spiro atoms. The highest BCUT2D eigenvalue weighted by atomic mass is 35.5. The zero-order valence-electron chi connectivity index (χ0n) is 18.1. The molecule has 1 amide bonds. The van der Waals surface area contributed by atoms with E-state index in [1.807, 2.05) is 53.2 Å². The second-order valence-corrected chi connectivity index (χ2v) is 8.08. The van der Waals surface area contributed by atoms with Crippen LogP contribution in [0.15, 0.2) is 85.5 Å². The van der Waals surface area contributed by atoms with Crippen molar-refractivity contribution in [1.82, 2.24) is 14.9 Å². The predicted molar refractivity (Wildman–Crippen MR) is 131 cm³/mol. The van der Waals surface area contributed by atoms with Crippen molar-refractivity contribution in [2.24, 2.45) is 0 Å². The number of carbonyl (C=O) groups excluding carboxylic acids is 1. The first-order valence-electron chi connectivity index (χ1n) is 10.6. The highest BCUT2D eigenvalue weighted by Crippen LogP contribution is 2.27. The third kappa shape index (κ3) is 5.79. The molecule has 3 aromatic carbocycles. The van der Waals surface area contributed by atoms with Crippen molar-refractivity contribution in [2.45, 2.75) is 19.6 Å². The Kier molecular flexibility index (Phi) is 7.19. The predicted octanol–water partition coefficient (Wildman–Crippen LogP) is 5.04. The van der Waals surface area contributed by atoms with Crippen LogP contribution in [0.4, 0.5) is 11.4 Å². The zero-order valence-corrected chi connectivity index (χ0v) is 18.9. The maximum atomic E-state index is 12.6. The number of halogens is 1. The minimum Gasteiger partial charge on any atom is -0.375 e. The Labute approximate surface area is 201 Å². The summed E-state index contributed by atoms with van der Waals surface area (Å²) in [5.74, 6) is -0.386. The van der Waals surface area contributed by atoms with Gasteiger partial charge in [0.1, 0.15) is 5.69 Å². The number of benzene rings is 3. The van der Waals surface area contributed by atoms with Crippen LogP contribution >= 0.6 is 11.6 Å². The molecule has 0 aliphatic heterocycles. The van der Waals surface area contributed by atoms with E-state index in [-0.39, 0.29) is 17.2 Å². The van der Waals surface area contributed by atoms with Crippen molar-refractivity contribution in [3.05, 3.63) is 123 Å². The Balaban J connectivity index is 1.38. The Morgan fingerprint density at radius 1 is 1.03 bits per heavy atom. The first-order chi connectivity index (χ1) is 16.5. The maximum Gasteiger partial charge on any atom is 0.293 e. The van der Waals surface area contributed by atoms with Gasteiger partial charge in [0.25, 0.3) is 11.6 Å². The number of carbonyl (C=O) groups is 1. The second-order valence-electron chi connectivity index (χ2n) is 7.67. The van der Waals surface area contributed by atoms with Gasteiger partial charge in [-0.25, -0.2) is 4.98 Å². The van der Waals surface area contributed by atoms with Crippen LogP contribution in [-0.4, -0.2) is 20.4 Å². The molecule has 1 aromatic heterocycles. The molecule has 0 bridgehead atoms. The molecule has 1 heterocycles. The molecule has 34 heavy (non-hydrogen) atoms. The van der Waals surface area contributed by atoms with E-state index in [1.54, 1.807) is 24.7 Å². The van der Waals surface area contributed by atoms with E-state index < -0.39 is 4.92 Å². The van der Waals surface area contributed by atoms with Crippen LogP contribution in [0.25, 0.3) is 0 Å². The third-order valence-electron chi connectivity index (χ3n) is 5.28. The largest absolute Gasteiger partial charge is 0.375 e. The van der Waals surface area contributed by atoms with E-state index in [0.717, 1.165) is 16.7 Å². The first kappa shape index (κ1) is 23.0. The average Bonchev–Trinajstić information content (AvgIpc) is 3.36. The van der Waals surface area contributed by atoms with Gasteiger partial charge >= 0.3 is 0 Å². The molecule has 0 saturated heterocycles. The molecule has 9 heteroatoms. The highest BCUT2D eigenvalue weighted by Gasteiger charge is 2.18. The Morgan fingerprint density at radius 2 is 1.79 bits per heavy atom. The van der Waals surface area contributed by atoms with Crippen LogP contribution in [0.1, 0.15) is 27.0 Å². The minimum absolute atomic E-state index is 0.177. The van der Waals surface area contributed by atoms with Crippen LogP contribution in [0.2, 0.25) is 5.02 Å². The van der Waals surface area contributed by atoms with Crippen LogP contribution < -0.4 is 10.6 Å². The van der Waals surface area contributed by atoms with Crippen LogP contribution in [0.3, 0.4) is 0 Å². The van der Waals surface area contributed by atoms with Gasteiger partial charge in [-0.05, 0) is 34.9 Å². The second kappa shape index (κ2) is 10.6. The van der Waals surface area contributed by atoms with Gasteiger partial charge in [-0.15, -0.1) is 0 Å². The number of hydrogen-bond donors (Lipinski definition) is 2. The van der Waals surface area contributed by atoms with E-state index in [1.165, 1.54) is 12.1 Å². The van der Waals surface area contributed by atoms with Crippen LogP contribution in [0, 0.1) is 10.1 Å². The van der Waals surface area contributed by atoms with Crippen LogP contribution in [0.5, 0.6) is 0 Å². The van der Waals surface area contributed by atoms with Gasteiger partial charge in [0.15, 0.2) is 0 Å². The number of amides is 1. The molecule has 0 radical (unpaired) electrons. The van der Waals surface area contributed by atoms with Crippen LogP contribution in [-0.2, 0) is 19.6 Å². The summed E-state index contributed by atoms with van der Waals surface area (Å²) in [5, 5.41) is 18.0. The number of anilines is 1. The van der Waals surface area contributed by atoms with E-state index in [9.17, 15) is 14.9 Å². The molecule has 4 rings (SSSR count). The molecule has 8 nitrogen and oxygen atoms in total. The van der Waals surface area contributed by atoms with Gasteiger partial charge in [0.2, 0.25) is 0 Å². The van der Waals surface area contributed by atoms with Gasteiger partial charge < -0.3 is 15.2 Å². The number of hydrogen-bond acceptors (Lipinski definition) is 5. The van der Waals surface area contributed by atoms with Gasteiger partial charge in [-0.3, -0.25) is 14.9 Å². The molecule has 0 saturated carbocycles. The standard InChI is InChI=1S/C25H22ClN5O3/c26-22-4-2-1-3-21(22)15-28-23-10-9-20(13-24(23)31(33)34)25(32)29-14-18-5-7-19(8-6-18)16-30-12-11-27-17-30/h1-13,17,28H,14-16H2,(H,29,32).